The van der Waals surface area contributed by atoms with Crippen LogP contribution in [0.5, 0.6) is 0 Å². The second-order valence-corrected chi connectivity index (χ2v) is 6.46. The SMILES string of the molecule is CNc1cc(C2CCN(C(=O)c3ccc(C(F)(F)F)c(C)c3)CC2)no1. The largest absolute Gasteiger partial charge is 0.416 e. The van der Waals surface area contributed by atoms with Crippen molar-refractivity contribution in [2.75, 3.05) is 25.5 Å². The highest BCUT2D eigenvalue weighted by atomic mass is 19.4. The van der Waals surface area contributed by atoms with E-state index >= 15 is 0 Å². The average Bonchev–Trinajstić information content (AvgIpc) is 3.09. The summed E-state index contributed by atoms with van der Waals surface area (Å²) < 4.78 is 43.7. The van der Waals surface area contributed by atoms with Gasteiger partial charge in [-0.15, -0.1) is 0 Å². The van der Waals surface area contributed by atoms with Gasteiger partial charge in [-0.2, -0.15) is 13.2 Å². The van der Waals surface area contributed by atoms with E-state index in [2.05, 4.69) is 10.5 Å². The Kier molecular flexibility index (Phi) is 4.93. The van der Waals surface area contributed by atoms with Crippen LogP contribution in [-0.2, 0) is 6.18 Å². The maximum atomic E-state index is 12.9. The average molecular weight is 367 g/mol. The molecule has 1 saturated heterocycles. The zero-order chi connectivity index (χ0) is 18.9. The van der Waals surface area contributed by atoms with Gasteiger partial charge < -0.3 is 14.7 Å². The lowest BCUT2D eigenvalue weighted by Gasteiger charge is -2.31. The van der Waals surface area contributed by atoms with Gasteiger partial charge in [-0.25, -0.2) is 0 Å². The number of benzene rings is 1. The Hall–Kier alpha value is -2.51. The maximum absolute atomic E-state index is 12.9. The van der Waals surface area contributed by atoms with E-state index in [4.69, 9.17) is 4.52 Å². The molecule has 0 spiro atoms. The molecule has 0 aliphatic carbocycles. The van der Waals surface area contributed by atoms with Crippen LogP contribution in [0, 0.1) is 6.92 Å². The van der Waals surface area contributed by atoms with Crippen LogP contribution in [0.3, 0.4) is 0 Å². The van der Waals surface area contributed by atoms with Crippen molar-refractivity contribution in [3.63, 3.8) is 0 Å². The fourth-order valence-electron chi connectivity index (χ4n) is 3.27. The fraction of sp³-hybridized carbons (Fsp3) is 0.444. The van der Waals surface area contributed by atoms with E-state index in [1.165, 1.54) is 19.1 Å². The van der Waals surface area contributed by atoms with Crippen LogP contribution in [0.4, 0.5) is 19.1 Å². The number of carbonyl (C=O) groups is 1. The van der Waals surface area contributed by atoms with Crippen molar-refractivity contribution < 1.29 is 22.5 Å². The summed E-state index contributed by atoms with van der Waals surface area (Å²) in [6.45, 7) is 2.44. The molecule has 0 bridgehead atoms. The Labute approximate surface area is 149 Å². The first-order valence-electron chi connectivity index (χ1n) is 8.41. The first-order valence-corrected chi connectivity index (χ1v) is 8.41. The molecule has 2 heterocycles. The summed E-state index contributed by atoms with van der Waals surface area (Å²) in [6, 6.07) is 5.39. The molecule has 1 fully saturated rings. The van der Waals surface area contributed by atoms with Crippen molar-refractivity contribution in [2.24, 2.45) is 0 Å². The minimum Gasteiger partial charge on any atom is -0.357 e. The number of piperidine rings is 1. The van der Waals surface area contributed by atoms with Gasteiger partial charge >= 0.3 is 6.18 Å². The number of aryl methyl sites for hydroxylation is 1. The molecule has 1 amide bonds. The number of amides is 1. The quantitative estimate of drug-likeness (QED) is 0.889. The highest BCUT2D eigenvalue weighted by molar-refractivity contribution is 5.94. The second-order valence-electron chi connectivity index (χ2n) is 6.46. The minimum atomic E-state index is -4.41. The molecule has 1 N–H and O–H groups in total. The normalized spacial score (nSPS) is 16.0. The third kappa shape index (κ3) is 3.68. The number of likely N-dealkylation sites (tertiary alicyclic amines) is 1. The summed E-state index contributed by atoms with van der Waals surface area (Å²) in [5.41, 5.74) is 0.485. The molecule has 3 rings (SSSR count). The smallest absolute Gasteiger partial charge is 0.357 e. The number of halogens is 3. The van der Waals surface area contributed by atoms with Gasteiger partial charge in [0.1, 0.15) is 0 Å². The van der Waals surface area contributed by atoms with Crippen LogP contribution < -0.4 is 5.32 Å². The Morgan fingerprint density at radius 2 is 1.96 bits per heavy atom. The third-order valence-electron chi connectivity index (χ3n) is 4.75. The molecule has 0 atom stereocenters. The zero-order valence-electron chi connectivity index (χ0n) is 14.6. The highest BCUT2D eigenvalue weighted by Gasteiger charge is 2.33. The number of nitrogens with one attached hydrogen (secondary N) is 1. The predicted molar refractivity (Wildman–Crippen MR) is 90.1 cm³/mol. The van der Waals surface area contributed by atoms with E-state index in [1.807, 2.05) is 6.07 Å². The minimum absolute atomic E-state index is 0.0560. The molecule has 0 saturated carbocycles. The van der Waals surface area contributed by atoms with Gasteiger partial charge in [0.25, 0.3) is 5.91 Å². The van der Waals surface area contributed by atoms with Crippen LogP contribution >= 0.6 is 0 Å². The maximum Gasteiger partial charge on any atom is 0.416 e. The fourth-order valence-corrected chi connectivity index (χ4v) is 3.27. The predicted octanol–water partition coefficient (Wildman–Crippen LogP) is 4.06. The number of hydrogen-bond acceptors (Lipinski definition) is 4. The van der Waals surface area contributed by atoms with Crippen molar-refractivity contribution in [1.82, 2.24) is 10.1 Å². The Bertz CT molecular complexity index is 793. The number of aromatic nitrogens is 1. The van der Waals surface area contributed by atoms with E-state index in [9.17, 15) is 18.0 Å². The van der Waals surface area contributed by atoms with Crippen LogP contribution in [-0.4, -0.2) is 36.1 Å². The Morgan fingerprint density at radius 1 is 1.27 bits per heavy atom. The Morgan fingerprint density at radius 3 is 2.50 bits per heavy atom. The van der Waals surface area contributed by atoms with E-state index < -0.39 is 11.7 Å². The molecule has 0 radical (unpaired) electrons. The van der Waals surface area contributed by atoms with Crippen molar-refractivity contribution in [1.29, 1.82) is 0 Å². The Balaban J connectivity index is 1.66. The third-order valence-corrected chi connectivity index (χ3v) is 4.75. The van der Waals surface area contributed by atoms with Crippen molar-refractivity contribution in [3.8, 4) is 0 Å². The lowest BCUT2D eigenvalue weighted by Crippen LogP contribution is -2.38. The van der Waals surface area contributed by atoms with E-state index in [0.29, 0.717) is 19.0 Å². The number of hydrogen-bond donors (Lipinski definition) is 1. The summed E-state index contributed by atoms with van der Waals surface area (Å²) in [5.74, 6) is 0.564. The number of nitrogens with zero attached hydrogens (tertiary/aromatic N) is 2. The number of rotatable bonds is 3. The van der Waals surface area contributed by atoms with Gasteiger partial charge in [0.15, 0.2) is 0 Å². The molecule has 0 unspecified atom stereocenters. The molecule has 1 aliphatic heterocycles. The van der Waals surface area contributed by atoms with Gasteiger partial charge in [0, 0.05) is 37.7 Å². The standard InChI is InChI=1S/C18H20F3N3O2/c1-11-9-13(3-4-14(11)18(19,20)21)17(25)24-7-5-12(6-8-24)15-10-16(22-2)26-23-15/h3-4,9-10,12,22H,5-8H2,1-2H3. The molecule has 1 aromatic carbocycles. The van der Waals surface area contributed by atoms with Crippen LogP contribution in [0.15, 0.2) is 28.8 Å². The van der Waals surface area contributed by atoms with Gasteiger partial charge in [-0.1, -0.05) is 5.16 Å². The number of anilines is 1. The van der Waals surface area contributed by atoms with Gasteiger partial charge in [0.05, 0.1) is 11.3 Å². The molecule has 8 heteroatoms. The summed E-state index contributed by atoms with van der Waals surface area (Å²) in [4.78, 5) is 14.3. The number of alkyl halides is 3. The number of carbonyl (C=O) groups excluding carboxylic acids is 1. The lowest BCUT2D eigenvalue weighted by molar-refractivity contribution is -0.138. The summed E-state index contributed by atoms with van der Waals surface area (Å²) in [5, 5.41) is 6.92. The zero-order valence-corrected chi connectivity index (χ0v) is 14.6. The summed E-state index contributed by atoms with van der Waals surface area (Å²) >= 11 is 0. The van der Waals surface area contributed by atoms with Crippen LogP contribution in [0.2, 0.25) is 0 Å². The topological polar surface area (TPSA) is 58.4 Å². The molecule has 2 aromatic rings. The van der Waals surface area contributed by atoms with Gasteiger partial charge in [-0.05, 0) is 43.5 Å². The molecule has 5 nitrogen and oxygen atoms in total. The molecule has 140 valence electrons. The van der Waals surface area contributed by atoms with E-state index in [1.54, 1.807) is 11.9 Å². The van der Waals surface area contributed by atoms with Crippen molar-refractivity contribution in [2.45, 2.75) is 31.9 Å². The van der Waals surface area contributed by atoms with Crippen LogP contribution in [0.25, 0.3) is 0 Å². The second kappa shape index (κ2) is 7.01. The molecular formula is C18H20F3N3O2. The first kappa shape index (κ1) is 18.3. The monoisotopic (exact) mass is 367 g/mol. The van der Waals surface area contributed by atoms with Crippen molar-refractivity contribution in [3.05, 3.63) is 46.6 Å². The van der Waals surface area contributed by atoms with E-state index in [-0.39, 0.29) is 23.0 Å². The molecule has 1 aromatic heterocycles. The van der Waals surface area contributed by atoms with Crippen molar-refractivity contribution >= 4 is 11.8 Å². The summed E-state index contributed by atoms with van der Waals surface area (Å²) in [7, 11) is 1.75. The summed E-state index contributed by atoms with van der Waals surface area (Å²) in [6.07, 6.45) is -2.93. The lowest BCUT2D eigenvalue weighted by atomic mass is 9.93. The first-order chi connectivity index (χ1) is 12.3. The molecule has 1 aliphatic rings. The van der Waals surface area contributed by atoms with Gasteiger partial charge in [-0.3, -0.25) is 4.79 Å². The molecule has 26 heavy (non-hydrogen) atoms. The van der Waals surface area contributed by atoms with E-state index in [0.717, 1.165) is 24.6 Å². The molecular weight excluding hydrogens is 347 g/mol. The van der Waals surface area contributed by atoms with Gasteiger partial charge in [0.2, 0.25) is 5.88 Å². The van der Waals surface area contributed by atoms with Crippen LogP contribution in [0.1, 0.15) is 45.9 Å². The highest BCUT2D eigenvalue weighted by Crippen LogP contribution is 2.33.